The Bertz CT molecular complexity index is 802. The summed E-state index contributed by atoms with van der Waals surface area (Å²) in [5.74, 6) is 0.674. The molecule has 0 aliphatic heterocycles. The number of hydrogen-bond acceptors (Lipinski definition) is 3. The zero-order chi connectivity index (χ0) is 21.2. The number of pyridine rings is 1. The summed E-state index contributed by atoms with van der Waals surface area (Å²) in [5.41, 5.74) is 2.77. The van der Waals surface area contributed by atoms with Gasteiger partial charge in [0.2, 0.25) is 0 Å². The summed E-state index contributed by atoms with van der Waals surface area (Å²) in [7, 11) is 1.55. The first-order valence-electron chi connectivity index (χ1n) is 8.62. The average Bonchev–Trinajstić information content (AvgIpc) is 2.66. The molecule has 150 valence electrons. The van der Waals surface area contributed by atoms with Crippen LogP contribution in [0.1, 0.15) is 36.6 Å². The van der Waals surface area contributed by atoms with Crippen LogP contribution in [0.25, 0.3) is 11.1 Å². The fourth-order valence-electron chi connectivity index (χ4n) is 2.28. The fourth-order valence-corrected chi connectivity index (χ4v) is 2.28. The third kappa shape index (κ3) is 7.78. The molecule has 3 nitrogen and oxygen atoms in total. The fraction of sp³-hybridized carbons (Fsp3) is 0.273. The van der Waals surface area contributed by atoms with Crippen LogP contribution in [-0.4, -0.2) is 24.6 Å². The Balaban J connectivity index is 3.38. The molecule has 28 heavy (non-hydrogen) atoms. The highest BCUT2D eigenvalue weighted by Gasteiger charge is 2.26. The van der Waals surface area contributed by atoms with Crippen molar-refractivity contribution in [3.8, 4) is 0 Å². The number of methoxy groups -OCH3 is 1. The van der Waals surface area contributed by atoms with E-state index in [0.29, 0.717) is 33.7 Å². The number of aromatic nitrogens is 1. The smallest absolute Gasteiger partial charge is 0.389 e. The Morgan fingerprint density at radius 2 is 2.04 bits per heavy atom. The van der Waals surface area contributed by atoms with Gasteiger partial charge in [0.15, 0.2) is 0 Å². The van der Waals surface area contributed by atoms with Crippen molar-refractivity contribution >= 4 is 17.4 Å². The van der Waals surface area contributed by atoms with Gasteiger partial charge < -0.3 is 9.53 Å². The molecule has 0 radical (unpaired) electrons. The van der Waals surface area contributed by atoms with Crippen LogP contribution in [0.15, 0.2) is 61.6 Å². The number of allylic oxidation sites excluding steroid dienone is 8. The van der Waals surface area contributed by atoms with E-state index < -0.39 is 12.6 Å². The summed E-state index contributed by atoms with van der Waals surface area (Å²) in [6, 6.07) is 1.64. The Morgan fingerprint density at radius 1 is 1.32 bits per heavy atom. The van der Waals surface area contributed by atoms with Gasteiger partial charge in [0, 0.05) is 30.2 Å². The first-order chi connectivity index (χ1) is 13.2. The lowest BCUT2D eigenvalue weighted by atomic mass is 9.96. The van der Waals surface area contributed by atoms with Crippen molar-refractivity contribution in [3.63, 3.8) is 0 Å². The van der Waals surface area contributed by atoms with Crippen LogP contribution in [0.4, 0.5) is 13.2 Å². The molecule has 0 unspecified atom stereocenters. The number of aldehydes is 1. The highest BCUT2D eigenvalue weighted by atomic mass is 19.4. The minimum Gasteiger partial charge on any atom is -0.501 e. The second-order valence-corrected chi connectivity index (χ2v) is 5.99. The Hall–Kier alpha value is -2.89. The number of halogens is 3. The lowest BCUT2D eigenvalue weighted by molar-refractivity contribution is -0.134. The molecule has 0 saturated carbocycles. The van der Waals surface area contributed by atoms with Gasteiger partial charge in [-0.1, -0.05) is 31.4 Å². The van der Waals surface area contributed by atoms with Crippen LogP contribution in [0.2, 0.25) is 0 Å². The van der Waals surface area contributed by atoms with E-state index in [0.717, 1.165) is 6.29 Å². The summed E-state index contributed by atoms with van der Waals surface area (Å²) in [6.45, 7) is 9.54. The zero-order valence-corrected chi connectivity index (χ0v) is 16.1. The van der Waals surface area contributed by atoms with Gasteiger partial charge in [-0.25, -0.2) is 0 Å². The van der Waals surface area contributed by atoms with Crippen LogP contribution in [0.3, 0.4) is 0 Å². The first kappa shape index (κ1) is 23.1. The molecule has 6 heteroatoms. The molecule has 0 saturated heterocycles. The molecular weight excluding hydrogens is 367 g/mol. The Kier molecular flexibility index (Phi) is 9.15. The summed E-state index contributed by atoms with van der Waals surface area (Å²) in [4.78, 5) is 14.9. The maximum Gasteiger partial charge on any atom is 0.389 e. The van der Waals surface area contributed by atoms with Gasteiger partial charge >= 0.3 is 6.18 Å². The van der Waals surface area contributed by atoms with E-state index in [-0.39, 0.29) is 12.8 Å². The van der Waals surface area contributed by atoms with Gasteiger partial charge in [-0.05, 0) is 42.7 Å². The standard InChI is InChI=1S/C22H24F3NO2/c1-5-19(10-9-17(3)28-4)21-20(16(2)8-6-7-13-27)14-18(15-26-21)11-12-22(23,24)25/h5-6,8-10,13-15H,1-2,7,11-12H2,3-4H3/b8-6-,17-9+,19-10+. The van der Waals surface area contributed by atoms with Crippen molar-refractivity contribution in [1.29, 1.82) is 0 Å². The number of aryl methyl sites for hydroxylation is 1. The molecule has 1 aromatic rings. The number of alkyl halides is 3. The summed E-state index contributed by atoms with van der Waals surface area (Å²) < 4.78 is 42.8. The molecule has 0 bridgehead atoms. The van der Waals surface area contributed by atoms with Crippen molar-refractivity contribution in [2.24, 2.45) is 0 Å². The number of ether oxygens (including phenoxy) is 1. The van der Waals surface area contributed by atoms with Gasteiger partial charge in [0.05, 0.1) is 18.6 Å². The van der Waals surface area contributed by atoms with E-state index >= 15 is 0 Å². The average molecular weight is 391 g/mol. The second kappa shape index (κ2) is 11.1. The highest BCUT2D eigenvalue weighted by Crippen LogP contribution is 2.28. The Morgan fingerprint density at radius 3 is 2.61 bits per heavy atom. The lowest BCUT2D eigenvalue weighted by Gasteiger charge is -2.13. The molecule has 1 aromatic heterocycles. The van der Waals surface area contributed by atoms with Crippen molar-refractivity contribution in [2.45, 2.75) is 32.4 Å². The number of carbonyl (C=O) groups excluding carboxylic acids is 1. The molecule has 0 atom stereocenters. The van der Waals surface area contributed by atoms with Crippen molar-refractivity contribution in [1.82, 2.24) is 4.98 Å². The monoisotopic (exact) mass is 391 g/mol. The van der Waals surface area contributed by atoms with E-state index in [1.54, 1.807) is 50.5 Å². The SMILES string of the molecule is C=C/C(=C\C=C(/C)OC)c1ncc(CCC(F)(F)F)cc1C(=C)/C=C\CC=O. The molecule has 0 aromatic carbocycles. The third-order valence-corrected chi connectivity index (χ3v) is 3.85. The van der Waals surface area contributed by atoms with Crippen LogP contribution in [-0.2, 0) is 16.0 Å². The quantitative estimate of drug-likeness (QED) is 0.285. The zero-order valence-electron chi connectivity index (χ0n) is 16.1. The van der Waals surface area contributed by atoms with Crippen LogP contribution < -0.4 is 0 Å². The molecule has 0 fully saturated rings. The summed E-state index contributed by atoms with van der Waals surface area (Å²) >= 11 is 0. The number of nitrogens with zero attached hydrogens (tertiary/aromatic N) is 1. The molecule has 0 spiro atoms. The highest BCUT2D eigenvalue weighted by molar-refractivity contribution is 5.85. The molecule has 0 amide bonds. The number of hydrogen-bond donors (Lipinski definition) is 0. The van der Waals surface area contributed by atoms with Crippen molar-refractivity contribution < 1.29 is 22.7 Å². The topological polar surface area (TPSA) is 39.2 Å². The Labute approximate surface area is 163 Å². The van der Waals surface area contributed by atoms with Gasteiger partial charge in [0.25, 0.3) is 0 Å². The molecule has 0 N–H and O–H groups in total. The predicted molar refractivity (Wildman–Crippen MR) is 106 cm³/mol. The third-order valence-electron chi connectivity index (χ3n) is 3.85. The van der Waals surface area contributed by atoms with E-state index in [4.69, 9.17) is 4.74 Å². The number of carbonyl (C=O) groups is 1. The molecular formula is C22H24F3NO2. The van der Waals surface area contributed by atoms with E-state index in [2.05, 4.69) is 18.1 Å². The summed E-state index contributed by atoms with van der Waals surface area (Å²) in [5, 5.41) is 0. The van der Waals surface area contributed by atoms with Crippen molar-refractivity contribution in [2.75, 3.05) is 7.11 Å². The summed E-state index contributed by atoms with van der Waals surface area (Å²) in [6.07, 6.45) is 5.43. The van der Waals surface area contributed by atoms with E-state index in [9.17, 15) is 18.0 Å². The molecule has 0 aliphatic rings. The minimum absolute atomic E-state index is 0.176. The number of rotatable bonds is 10. The molecule has 1 heterocycles. The normalized spacial score (nSPS) is 12.9. The van der Waals surface area contributed by atoms with Gasteiger partial charge in [-0.2, -0.15) is 13.2 Å². The lowest BCUT2D eigenvalue weighted by Crippen LogP contribution is -2.09. The molecule has 0 aliphatic carbocycles. The predicted octanol–water partition coefficient (Wildman–Crippen LogP) is 5.85. The maximum atomic E-state index is 12.6. The van der Waals surface area contributed by atoms with Gasteiger partial charge in [-0.15, -0.1) is 0 Å². The van der Waals surface area contributed by atoms with E-state index in [1.165, 1.54) is 6.20 Å². The van der Waals surface area contributed by atoms with Crippen LogP contribution in [0.5, 0.6) is 0 Å². The minimum atomic E-state index is -4.24. The van der Waals surface area contributed by atoms with Gasteiger partial charge in [0.1, 0.15) is 6.29 Å². The van der Waals surface area contributed by atoms with Gasteiger partial charge in [-0.3, -0.25) is 4.98 Å². The first-order valence-corrected chi connectivity index (χ1v) is 8.62. The van der Waals surface area contributed by atoms with Crippen LogP contribution >= 0.6 is 0 Å². The van der Waals surface area contributed by atoms with Crippen molar-refractivity contribution in [3.05, 3.63) is 78.4 Å². The molecule has 1 rings (SSSR count). The van der Waals surface area contributed by atoms with E-state index in [1.807, 2.05) is 0 Å². The second-order valence-electron chi connectivity index (χ2n) is 5.99. The largest absolute Gasteiger partial charge is 0.501 e. The van der Waals surface area contributed by atoms with Crippen LogP contribution in [0, 0.1) is 0 Å². The maximum absolute atomic E-state index is 12.6.